The van der Waals surface area contributed by atoms with Gasteiger partial charge in [0.25, 0.3) is 0 Å². The minimum absolute atomic E-state index is 0.0279. The van der Waals surface area contributed by atoms with E-state index < -0.39 is 61.0 Å². The van der Waals surface area contributed by atoms with Crippen LogP contribution in [0.2, 0.25) is 0 Å². The molecule has 2 amide bonds. The number of amides is 2. The number of thiophene rings is 2. The van der Waals surface area contributed by atoms with Gasteiger partial charge in [0.2, 0.25) is 25.6 Å². The second kappa shape index (κ2) is 17.4. The van der Waals surface area contributed by atoms with Crippen molar-refractivity contribution in [3.8, 4) is 11.1 Å². The molecule has 11 nitrogen and oxygen atoms in total. The van der Waals surface area contributed by atoms with Crippen molar-refractivity contribution in [2.24, 2.45) is 5.41 Å². The van der Waals surface area contributed by atoms with Crippen molar-refractivity contribution in [2.45, 2.75) is 51.7 Å². The minimum atomic E-state index is -4.15. The number of benzene rings is 2. The smallest absolute Gasteiger partial charge is 0.407 e. The lowest BCUT2D eigenvalue weighted by Crippen LogP contribution is -2.28. The number of carbonyl (C=O) groups is 2. The number of nitrogens with zero attached hydrogens (tertiary/aromatic N) is 1. The minimum Gasteiger partial charge on any atom is -0.444 e. The van der Waals surface area contributed by atoms with E-state index in [0.717, 1.165) is 40.9 Å². The Hall–Kier alpha value is -4.30. The van der Waals surface area contributed by atoms with Crippen molar-refractivity contribution in [1.82, 2.24) is 15.6 Å². The summed E-state index contributed by atoms with van der Waals surface area (Å²) >= 11 is 5.07. The molecule has 2 aromatic carbocycles. The Kier molecular flexibility index (Phi) is 13.7. The molecule has 0 saturated heterocycles. The van der Waals surface area contributed by atoms with E-state index >= 15 is 0 Å². The number of sulfone groups is 2. The molecular weight excluding hydrogens is 856 g/mol. The van der Waals surface area contributed by atoms with Crippen LogP contribution in [0, 0.1) is 23.0 Å². The van der Waals surface area contributed by atoms with E-state index in [0.29, 0.717) is 14.2 Å². The first kappa shape index (κ1) is 42.4. The summed E-state index contributed by atoms with van der Waals surface area (Å²) in [7, 11) is -5.23. The van der Waals surface area contributed by atoms with Crippen molar-refractivity contribution in [3.05, 3.63) is 111 Å². The topological polar surface area (TPSA) is 158 Å². The standard InChI is InChI=1S/C18H14F2N2O4S2.C17H19BrFNO4S2/c1-21-18(23)26-10-12-9-15(14-6-3-7-22-16(14)20)17(27-12)28(24,25)13-5-2-4-11(19)8-13;1-17(2,3)14(24-16(21)20-4)13-9-12(18)15(25-13)26(22,23)11-7-5-6-10(19)8-11/h2-9H,10H2,1H3,(H,21,23);5-9,14H,1-4H3,(H,20,21). The van der Waals surface area contributed by atoms with E-state index in [1.54, 1.807) is 6.07 Å². The molecule has 54 heavy (non-hydrogen) atoms. The van der Waals surface area contributed by atoms with Gasteiger partial charge in [-0.2, -0.15) is 4.39 Å². The van der Waals surface area contributed by atoms with Gasteiger partial charge in [0, 0.05) is 51.1 Å². The highest BCUT2D eigenvalue weighted by Crippen LogP contribution is 2.45. The average molecular weight is 889 g/mol. The summed E-state index contributed by atoms with van der Waals surface area (Å²) < 4.78 is 104. The van der Waals surface area contributed by atoms with Crippen LogP contribution < -0.4 is 10.6 Å². The fourth-order valence-corrected chi connectivity index (χ4v) is 12.1. The Labute approximate surface area is 326 Å². The summed E-state index contributed by atoms with van der Waals surface area (Å²) in [4.78, 5) is 27.1. The molecule has 19 heteroatoms. The first-order valence-electron chi connectivity index (χ1n) is 15.6. The maximum absolute atomic E-state index is 14.2. The summed E-state index contributed by atoms with van der Waals surface area (Å²) in [5, 5.41) is 4.67. The summed E-state index contributed by atoms with van der Waals surface area (Å²) in [6, 6.07) is 15.3. The first-order valence-corrected chi connectivity index (χ1v) is 21.0. The van der Waals surface area contributed by atoms with E-state index in [4.69, 9.17) is 9.47 Å². The van der Waals surface area contributed by atoms with Crippen LogP contribution in [0.3, 0.4) is 0 Å². The zero-order valence-corrected chi connectivity index (χ0v) is 34.0. The third-order valence-corrected chi connectivity index (χ3v) is 15.2. The maximum Gasteiger partial charge on any atom is 0.407 e. The molecule has 0 spiro atoms. The zero-order valence-electron chi connectivity index (χ0n) is 29.1. The largest absolute Gasteiger partial charge is 0.444 e. The monoisotopic (exact) mass is 887 g/mol. The molecule has 0 bridgehead atoms. The van der Waals surface area contributed by atoms with Gasteiger partial charge in [-0.25, -0.2) is 40.2 Å². The van der Waals surface area contributed by atoms with E-state index in [1.165, 1.54) is 68.8 Å². The van der Waals surface area contributed by atoms with E-state index in [9.17, 15) is 39.6 Å². The summed E-state index contributed by atoms with van der Waals surface area (Å²) in [6.45, 7) is 5.44. The fraction of sp³-hybridized carbons (Fsp3) is 0.229. The predicted octanol–water partition coefficient (Wildman–Crippen LogP) is 8.70. The average Bonchev–Trinajstić information content (AvgIpc) is 3.73. The highest BCUT2D eigenvalue weighted by Gasteiger charge is 2.34. The Morgan fingerprint density at radius 2 is 1.37 bits per heavy atom. The van der Waals surface area contributed by atoms with Crippen LogP contribution in [0.15, 0.2) is 102 Å². The molecule has 0 saturated carbocycles. The molecule has 0 aliphatic rings. The van der Waals surface area contributed by atoms with Crippen molar-refractivity contribution >= 4 is 70.5 Å². The van der Waals surface area contributed by atoms with Gasteiger partial charge in [-0.1, -0.05) is 32.9 Å². The molecule has 0 aliphatic heterocycles. The molecule has 0 radical (unpaired) electrons. The molecule has 1 atom stereocenters. The van der Waals surface area contributed by atoms with Gasteiger partial charge in [0.1, 0.15) is 32.8 Å². The van der Waals surface area contributed by atoms with Gasteiger partial charge >= 0.3 is 12.2 Å². The second-order valence-electron chi connectivity index (χ2n) is 12.2. The molecule has 1 unspecified atom stereocenters. The van der Waals surface area contributed by atoms with Crippen molar-refractivity contribution in [1.29, 1.82) is 0 Å². The van der Waals surface area contributed by atoms with Gasteiger partial charge in [-0.05, 0) is 76.6 Å². The Morgan fingerprint density at radius 3 is 1.89 bits per heavy atom. The van der Waals surface area contributed by atoms with Crippen LogP contribution in [0.1, 0.15) is 36.6 Å². The van der Waals surface area contributed by atoms with Gasteiger partial charge in [-0.15, -0.1) is 22.7 Å². The molecule has 2 N–H and O–H groups in total. The van der Waals surface area contributed by atoms with E-state index in [-0.39, 0.29) is 35.9 Å². The fourth-order valence-electron chi connectivity index (χ4n) is 4.67. The lowest BCUT2D eigenvalue weighted by atomic mass is 9.88. The number of aromatic nitrogens is 1. The molecule has 0 aliphatic carbocycles. The SMILES string of the molecule is CNC(=O)OC(c1cc(Br)c(S(=O)(=O)c2cccc(F)c2)s1)C(C)(C)C.CNC(=O)OCc1cc(-c2cccnc2F)c(S(=O)(=O)c2cccc(F)c2)s1. The van der Waals surface area contributed by atoms with Crippen LogP contribution in [0.25, 0.3) is 11.1 Å². The van der Waals surface area contributed by atoms with Crippen LogP contribution in [-0.2, 0) is 35.8 Å². The lowest BCUT2D eigenvalue weighted by Gasteiger charge is -2.29. The van der Waals surface area contributed by atoms with Crippen molar-refractivity contribution in [3.63, 3.8) is 0 Å². The van der Waals surface area contributed by atoms with Crippen LogP contribution in [-0.4, -0.2) is 48.1 Å². The lowest BCUT2D eigenvalue weighted by molar-refractivity contribution is 0.0337. The van der Waals surface area contributed by atoms with Gasteiger partial charge < -0.3 is 20.1 Å². The van der Waals surface area contributed by atoms with E-state index in [2.05, 4.69) is 31.5 Å². The number of halogens is 4. The summed E-state index contributed by atoms with van der Waals surface area (Å²) in [5.74, 6) is -2.20. The number of ether oxygens (including phenoxy) is 2. The molecule has 288 valence electrons. The predicted molar refractivity (Wildman–Crippen MR) is 200 cm³/mol. The van der Waals surface area contributed by atoms with Gasteiger partial charge in [0.05, 0.1) is 9.79 Å². The number of carbonyl (C=O) groups excluding carboxylic acids is 2. The summed E-state index contributed by atoms with van der Waals surface area (Å²) in [5.41, 5.74) is -0.424. The van der Waals surface area contributed by atoms with E-state index in [1.807, 2.05) is 20.8 Å². The number of nitrogens with one attached hydrogen (secondary N) is 2. The molecular formula is C35H33BrF3N3O8S4. The highest BCUT2D eigenvalue weighted by atomic mass is 79.9. The Morgan fingerprint density at radius 1 is 0.796 bits per heavy atom. The number of hydrogen-bond donors (Lipinski definition) is 2. The first-order chi connectivity index (χ1) is 25.3. The van der Waals surface area contributed by atoms with Crippen LogP contribution >= 0.6 is 38.6 Å². The number of pyridine rings is 1. The summed E-state index contributed by atoms with van der Waals surface area (Å²) in [6.07, 6.45) is -0.720. The molecule has 5 aromatic rings. The van der Waals surface area contributed by atoms with Gasteiger partial charge in [-0.3, -0.25) is 0 Å². The Balaban J connectivity index is 0.000000241. The third kappa shape index (κ3) is 10.1. The molecule has 5 rings (SSSR count). The number of rotatable bonds is 9. The quantitative estimate of drug-likeness (QED) is 0.138. The number of alkyl carbamates (subject to hydrolysis) is 2. The van der Waals surface area contributed by atoms with Crippen LogP contribution in [0.4, 0.5) is 22.8 Å². The molecule has 0 fully saturated rings. The molecule has 3 aromatic heterocycles. The number of hydrogen-bond acceptors (Lipinski definition) is 11. The third-order valence-electron chi connectivity index (χ3n) is 7.20. The maximum atomic E-state index is 14.2. The van der Waals surface area contributed by atoms with Crippen molar-refractivity contribution < 1.29 is 49.1 Å². The van der Waals surface area contributed by atoms with Crippen LogP contribution in [0.5, 0.6) is 0 Å². The zero-order chi connectivity index (χ0) is 40.0. The molecule has 3 heterocycles. The van der Waals surface area contributed by atoms with Crippen molar-refractivity contribution in [2.75, 3.05) is 14.1 Å². The highest BCUT2D eigenvalue weighted by molar-refractivity contribution is 9.10. The normalized spacial score (nSPS) is 12.2. The Bertz CT molecular complexity index is 2380. The second-order valence-corrected chi connectivity index (χ2v) is 19.6. The van der Waals surface area contributed by atoms with Gasteiger partial charge in [0.15, 0.2) is 0 Å².